The number of guanidine groups is 1. The number of hydrogen-bond donors (Lipinski definition) is 0. The van der Waals surface area contributed by atoms with Gasteiger partial charge in [-0.3, -0.25) is 0 Å². The summed E-state index contributed by atoms with van der Waals surface area (Å²) < 4.78 is 16.0. The fraction of sp³-hybridized carbons (Fsp3) is 0.375. The van der Waals surface area contributed by atoms with Crippen molar-refractivity contribution in [2.45, 2.75) is 13.5 Å². The van der Waals surface area contributed by atoms with Crippen molar-refractivity contribution in [1.29, 1.82) is 0 Å². The Bertz CT molecular complexity index is 663. The zero-order valence-electron chi connectivity index (χ0n) is 13.7. The predicted octanol–water partition coefficient (Wildman–Crippen LogP) is 2.30. The van der Waals surface area contributed by atoms with Gasteiger partial charge in [-0.1, -0.05) is 6.07 Å². The van der Waals surface area contributed by atoms with Crippen LogP contribution in [0.2, 0.25) is 0 Å². The fourth-order valence-corrected chi connectivity index (χ4v) is 2.32. The number of aliphatic imine (C=N–C) groups is 1. The van der Waals surface area contributed by atoms with Crippen LogP contribution in [0.3, 0.4) is 0 Å². The standard InChI is InChI=1S/C16H22FN5/c1-12-18-8-9-22(12)15-7-6-13(10-14(15)17)11-19-16(20(2)3)21(4)5/h6-10H,11H2,1-5H3. The second-order valence-electron chi connectivity index (χ2n) is 5.54. The third-order valence-corrected chi connectivity index (χ3v) is 3.30. The average molecular weight is 303 g/mol. The maximum Gasteiger partial charge on any atom is 0.195 e. The second kappa shape index (κ2) is 6.60. The van der Waals surface area contributed by atoms with Crippen LogP contribution in [-0.2, 0) is 6.54 Å². The van der Waals surface area contributed by atoms with E-state index in [9.17, 15) is 4.39 Å². The van der Waals surface area contributed by atoms with Gasteiger partial charge >= 0.3 is 0 Å². The molecule has 2 rings (SSSR count). The highest BCUT2D eigenvalue weighted by molar-refractivity contribution is 5.79. The summed E-state index contributed by atoms with van der Waals surface area (Å²) in [6, 6.07) is 5.19. The molecule has 0 amide bonds. The monoisotopic (exact) mass is 303 g/mol. The first-order valence-electron chi connectivity index (χ1n) is 7.08. The smallest absolute Gasteiger partial charge is 0.195 e. The number of nitrogens with zero attached hydrogens (tertiary/aromatic N) is 5. The molecule has 0 saturated carbocycles. The maximum atomic E-state index is 14.3. The zero-order chi connectivity index (χ0) is 16.3. The molecule has 1 heterocycles. The van der Waals surface area contributed by atoms with Crippen LogP contribution in [0.4, 0.5) is 4.39 Å². The Morgan fingerprint density at radius 3 is 2.41 bits per heavy atom. The summed E-state index contributed by atoms with van der Waals surface area (Å²) in [5.74, 6) is 1.33. The molecule has 118 valence electrons. The van der Waals surface area contributed by atoms with Gasteiger partial charge in [-0.25, -0.2) is 14.4 Å². The van der Waals surface area contributed by atoms with Crippen molar-refractivity contribution in [3.8, 4) is 5.69 Å². The normalized spacial score (nSPS) is 10.5. The van der Waals surface area contributed by atoms with Gasteiger partial charge in [-0.05, 0) is 24.6 Å². The summed E-state index contributed by atoms with van der Waals surface area (Å²) in [4.78, 5) is 12.5. The molecule has 5 nitrogen and oxygen atoms in total. The number of aryl methyl sites for hydroxylation is 1. The minimum Gasteiger partial charge on any atom is -0.349 e. The van der Waals surface area contributed by atoms with E-state index in [1.165, 1.54) is 6.07 Å². The molecule has 0 aliphatic carbocycles. The number of halogens is 1. The first-order chi connectivity index (χ1) is 10.4. The van der Waals surface area contributed by atoms with Crippen molar-refractivity contribution in [2.75, 3.05) is 28.2 Å². The molecule has 0 aliphatic heterocycles. The molecule has 6 heteroatoms. The Morgan fingerprint density at radius 1 is 1.23 bits per heavy atom. The Kier molecular flexibility index (Phi) is 4.80. The van der Waals surface area contributed by atoms with Crippen LogP contribution in [0.25, 0.3) is 5.69 Å². The highest BCUT2D eigenvalue weighted by atomic mass is 19.1. The van der Waals surface area contributed by atoms with Crippen molar-refractivity contribution < 1.29 is 4.39 Å². The molecule has 0 aliphatic rings. The van der Waals surface area contributed by atoms with Gasteiger partial charge in [0.15, 0.2) is 5.96 Å². The van der Waals surface area contributed by atoms with Crippen LogP contribution in [-0.4, -0.2) is 53.5 Å². The molecule has 1 aromatic heterocycles. The molecule has 0 unspecified atom stereocenters. The minimum atomic E-state index is -0.273. The second-order valence-corrected chi connectivity index (χ2v) is 5.54. The Hall–Kier alpha value is -2.37. The number of imidazole rings is 1. The summed E-state index contributed by atoms with van der Waals surface area (Å²) in [6.45, 7) is 2.28. The molecule has 0 spiro atoms. The van der Waals surface area contributed by atoms with E-state index in [2.05, 4.69) is 9.98 Å². The summed E-state index contributed by atoms with van der Waals surface area (Å²) in [6.07, 6.45) is 3.41. The molecule has 0 radical (unpaired) electrons. The van der Waals surface area contributed by atoms with Crippen LogP contribution in [0.5, 0.6) is 0 Å². The van der Waals surface area contributed by atoms with Crippen molar-refractivity contribution in [1.82, 2.24) is 19.4 Å². The largest absolute Gasteiger partial charge is 0.349 e. The molecule has 0 saturated heterocycles. The summed E-state index contributed by atoms with van der Waals surface area (Å²) in [5, 5.41) is 0. The summed E-state index contributed by atoms with van der Waals surface area (Å²) in [7, 11) is 7.74. The number of aromatic nitrogens is 2. The predicted molar refractivity (Wildman–Crippen MR) is 86.8 cm³/mol. The van der Waals surface area contributed by atoms with Crippen LogP contribution >= 0.6 is 0 Å². The van der Waals surface area contributed by atoms with Gasteiger partial charge in [0, 0.05) is 40.6 Å². The van der Waals surface area contributed by atoms with Crippen LogP contribution in [0.1, 0.15) is 11.4 Å². The third kappa shape index (κ3) is 3.44. The molecular weight excluding hydrogens is 281 g/mol. The zero-order valence-corrected chi connectivity index (χ0v) is 13.7. The van der Waals surface area contributed by atoms with E-state index in [4.69, 9.17) is 0 Å². The van der Waals surface area contributed by atoms with Crippen molar-refractivity contribution in [2.24, 2.45) is 4.99 Å². The van der Waals surface area contributed by atoms with Gasteiger partial charge in [-0.2, -0.15) is 0 Å². The maximum absolute atomic E-state index is 14.3. The van der Waals surface area contributed by atoms with E-state index in [0.717, 1.165) is 17.3 Å². The molecule has 0 atom stereocenters. The lowest BCUT2D eigenvalue weighted by atomic mass is 10.2. The lowest BCUT2D eigenvalue weighted by Crippen LogP contribution is -2.35. The lowest BCUT2D eigenvalue weighted by Gasteiger charge is -2.22. The Balaban J connectivity index is 2.23. The van der Waals surface area contributed by atoms with Gasteiger partial charge in [0.2, 0.25) is 0 Å². The molecule has 0 fully saturated rings. The van der Waals surface area contributed by atoms with E-state index in [0.29, 0.717) is 12.2 Å². The van der Waals surface area contributed by atoms with Crippen molar-refractivity contribution >= 4 is 5.96 Å². The van der Waals surface area contributed by atoms with Crippen LogP contribution in [0.15, 0.2) is 35.6 Å². The minimum absolute atomic E-state index is 0.273. The van der Waals surface area contributed by atoms with E-state index >= 15 is 0 Å². The lowest BCUT2D eigenvalue weighted by molar-refractivity contribution is 0.479. The molecule has 0 N–H and O–H groups in total. The van der Waals surface area contributed by atoms with Crippen molar-refractivity contribution in [3.05, 3.63) is 47.8 Å². The molecule has 0 bridgehead atoms. The highest BCUT2D eigenvalue weighted by Crippen LogP contribution is 2.17. The quantitative estimate of drug-likeness (QED) is 0.645. The van der Waals surface area contributed by atoms with E-state index in [-0.39, 0.29) is 5.82 Å². The number of rotatable bonds is 3. The third-order valence-electron chi connectivity index (χ3n) is 3.30. The SMILES string of the molecule is Cc1nccn1-c1ccc(CN=C(N(C)C)N(C)C)cc1F. The van der Waals surface area contributed by atoms with Gasteiger partial charge in [0.05, 0.1) is 12.2 Å². The van der Waals surface area contributed by atoms with Gasteiger partial charge in [0.1, 0.15) is 11.6 Å². The topological polar surface area (TPSA) is 36.7 Å². The van der Waals surface area contributed by atoms with Crippen LogP contribution in [0, 0.1) is 12.7 Å². The van der Waals surface area contributed by atoms with Gasteiger partial charge in [0.25, 0.3) is 0 Å². The Morgan fingerprint density at radius 2 is 1.91 bits per heavy atom. The highest BCUT2D eigenvalue weighted by Gasteiger charge is 2.09. The molecule has 22 heavy (non-hydrogen) atoms. The van der Waals surface area contributed by atoms with E-state index in [1.807, 2.05) is 51.0 Å². The van der Waals surface area contributed by atoms with E-state index < -0.39 is 0 Å². The first-order valence-corrected chi connectivity index (χ1v) is 7.08. The fourth-order valence-electron chi connectivity index (χ4n) is 2.32. The Labute approximate surface area is 130 Å². The molecular formula is C16H22FN5. The number of hydrogen-bond acceptors (Lipinski definition) is 2. The van der Waals surface area contributed by atoms with E-state index in [1.54, 1.807) is 23.0 Å². The molecule has 1 aromatic carbocycles. The average Bonchev–Trinajstić information content (AvgIpc) is 2.84. The van der Waals surface area contributed by atoms with Crippen molar-refractivity contribution in [3.63, 3.8) is 0 Å². The van der Waals surface area contributed by atoms with Gasteiger partial charge < -0.3 is 14.4 Å². The first kappa shape index (κ1) is 16.0. The van der Waals surface area contributed by atoms with Crippen LogP contribution < -0.4 is 0 Å². The summed E-state index contributed by atoms with van der Waals surface area (Å²) >= 11 is 0. The van der Waals surface area contributed by atoms with Gasteiger partial charge in [-0.15, -0.1) is 0 Å². The molecule has 2 aromatic rings. The summed E-state index contributed by atoms with van der Waals surface area (Å²) in [5.41, 5.74) is 1.34. The number of benzene rings is 1.